The van der Waals surface area contributed by atoms with Crippen molar-refractivity contribution in [3.05, 3.63) is 83.1 Å². The number of likely N-dealkylation sites (tertiary alicyclic amines) is 1. The molecule has 2 aliphatic heterocycles. The molecular weight excluding hydrogens is 508 g/mol. The highest BCUT2D eigenvalue weighted by molar-refractivity contribution is 5.97. The molecule has 2 aliphatic rings. The normalized spacial score (nSPS) is 19.2. The molecule has 2 aromatic heterocycles. The second-order valence-corrected chi connectivity index (χ2v) is 9.92. The SMILES string of the molecule is N#C/C(=C\C1CCCN1)C(=O)N1CCC(n2c(=O)n(-c3ccc(Oc4ccccc4)cc3)c3c(N)ncnc32)C1. The summed E-state index contributed by atoms with van der Waals surface area (Å²) >= 11 is 0. The average Bonchev–Trinajstić information content (AvgIpc) is 3.72. The Kier molecular flexibility index (Phi) is 6.76. The maximum absolute atomic E-state index is 13.9. The van der Waals surface area contributed by atoms with E-state index in [4.69, 9.17) is 10.5 Å². The van der Waals surface area contributed by atoms with Crippen LogP contribution in [0.3, 0.4) is 0 Å². The Balaban J connectivity index is 1.30. The third-order valence-electron chi connectivity index (χ3n) is 7.39. The zero-order valence-electron chi connectivity index (χ0n) is 21.7. The molecule has 2 fully saturated rings. The van der Waals surface area contributed by atoms with E-state index in [1.807, 2.05) is 30.3 Å². The fourth-order valence-electron chi connectivity index (χ4n) is 5.44. The number of hydrogen-bond donors (Lipinski definition) is 2. The maximum atomic E-state index is 13.9. The van der Waals surface area contributed by atoms with Crippen LogP contribution in [-0.4, -0.2) is 55.6 Å². The minimum Gasteiger partial charge on any atom is -0.457 e. The van der Waals surface area contributed by atoms with Gasteiger partial charge in [0.2, 0.25) is 0 Å². The smallest absolute Gasteiger partial charge is 0.335 e. The summed E-state index contributed by atoms with van der Waals surface area (Å²) in [6.07, 6.45) is 5.51. The number of para-hydroxylation sites is 1. The van der Waals surface area contributed by atoms with E-state index in [0.717, 1.165) is 19.4 Å². The van der Waals surface area contributed by atoms with Gasteiger partial charge in [-0.15, -0.1) is 0 Å². The summed E-state index contributed by atoms with van der Waals surface area (Å²) in [4.78, 5) is 37.3. The molecule has 202 valence electrons. The second-order valence-electron chi connectivity index (χ2n) is 9.92. The molecule has 2 saturated heterocycles. The lowest BCUT2D eigenvalue weighted by Crippen LogP contribution is -2.33. The van der Waals surface area contributed by atoms with Gasteiger partial charge in [0.25, 0.3) is 5.91 Å². The number of hydrogen-bond acceptors (Lipinski definition) is 8. The Bertz CT molecular complexity index is 1680. The summed E-state index contributed by atoms with van der Waals surface area (Å²) in [5.74, 6) is 1.18. The lowest BCUT2D eigenvalue weighted by Gasteiger charge is -2.17. The van der Waals surface area contributed by atoms with Gasteiger partial charge in [0.15, 0.2) is 11.5 Å². The number of amides is 1. The Morgan fingerprint density at radius 2 is 1.88 bits per heavy atom. The second kappa shape index (κ2) is 10.7. The van der Waals surface area contributed by atoms with E-state index in [9.17, 15) is 14.9 Å². The number of carbonyl (C=O) groups is 1. The van der Waals surface area contributed by atoms with Gasteiger partial charge in [-0.2, -0.15) is 5.26 Å². The van der Waals surface area contributed by atoms with Crippen LogP contribution < -0.4 is 21.5 Å². The molecule has 0 saturated carbocycles. The number of benzene rings is 2. The molecule has 4 aromatic rings. The molecule has 3 N–H and O–H groups in total. The predicted molar refractivity (Wildman–Crippen MR) is 149 cm³/mol. The molecule has 2 aromatic carbocycles. The first kappa shape index (κ1) is 25.3. The van der Waals surface area contributed by atoms with Gasteiger partial charge >= 0.3 is 5.69 Å². The number of nitrogens with two attached hydrogens (primary N) is 1. The summed E-state index contributed by atoms with van der Waals surface area (Å²) in [6.45, 7) is 1.58. The Labute approximate surface area is 230 Å². The van der Waals surface area contributed by atoms with Crippen molar-refractivity contribution in [3.63, 3.8) is 0 Å². The van der Waals surface area contributed by atoms with Gasteiger partial charge in [-0.05, 0) is 68.3 Å². The van der Waals surface area contributed by atoms with Crippen molar-refractivity contribution < 1.29 is 9.53 Å². The van der Waals surface area contributed by atoms with Crippen molar-refractivity contribution in [2.24, 2.45) is 0 Å². The molecule has 1 amide bonds. The monoisotopic (exact) mass is 536 g/mol. The van der Waals surface area contributed by atoms with Gasteiger partial charge in [-0.25, -0.2) is 14.8 Å². The fourth-order valence-corrected chi connectivity index (χ4v) is 5.44. The van der Waals surface area contributed by atoms with Crippen LogP contribution in [0.5, 0.6) is 11.5 Å². The van der Waals surface area contributed by atoms with E-state index < -0.39 is 0 Å². The molecule has 4 heterocycles. The number of anilines is 1. The molecule has 11 heteroatoms. The third-order valence-corrected chi connectivity index (χ3v) is 7.39. The van der Waals surface area contributed by atoms with Crippen molar-refractivity contribution in [1.82, 2.24) is 29.3 Å². The first-order valence-corrected chi connectivity index (χ1v) is 13.2. The zero-order chi connectivity index (χ0) is 27.6. The van der Waals surface area contributed by atoms with Gasteiger partial charge in [0.05, 0.1) is 11.7 Å². The molecule has 2 unspecified atom stereocenters. The number of ether oxygens (including phenoxy) is 1. The van der Waals surface area contributed by atoms with E-state index in [-0.39, 0.29) is 41.6 Å². The lowest BCUT2D eigenvalue weighted by atomic mass is 10.1. The van der Waals surface area contributed by atoms with Gasteiger partial charge in [-0.1, -0.05) is 18.2 Å². The third kappa shape index (κ3) is 4.69. The number of carbonyl (C=O) groups excluding carboxylic acids is 1. The predicted octanol–water partition coefficient (Wildman–Crippen LogP) is 2.93. The van der Waals surface area contributed by atoms with Crippen molar-refractivity contribution in [2.45, 2.75) is 31.3 Å². The number of nitriles is 1. The quantitative estimate of drug-likeness (QED) is 0.283. The molecule has 0 bridgehead atoms. The molecule has 0 aliphatic carbocycles. The summed E-state index contributed by atoms with van der Waals surface area (Å²) in [5.41, 5.74) is 7.43. The Morgan fingerprint density at radius 1 is 1.10 bits per heavy atom. The van der Waals surface area contributed by atoms with Crippen molar-refractivity contribution >= 4 is 22.9 Å². The van der Waals surface area contributed by atoms with Crippen molar-refractivity contribution in [2.75, 3.05) is 25.4 Å². The van der Waals surface area contributed by atoms with Gasteiger partial charge in [-0.3, -0.25) is 13.9 Å². The molecule has 0 radical (unpaired) electrons. The van der Waals surface area contributed by atoms with E-state index in [1.54, 1.807) is 39.8 Å². The molecule has 2 atom stereocenters. The number of nitrogens with zero attached hydrogens (tertiary/aromatic N) is 6. The number of rotatable bonds is 6. The fraction of sp³-hybridized carbons (Fsp3) is 0.276. The molecular formula is C29H28N8O3. The molecule has 11 nitrogen and oxygen atoms in total. The minimum atomic E-state index is -0.334. The van der Waals surface area contributed by atoms with Crippen LogP contribution >= 0.6 is 0 Å². The van der Waals surface area contributed by atoms with E-state index in [1.165, 1.54) is 10.9 Å². The summed E-state index contributed by atoms with van der Waals surface area (Å²) in [7, 11) is 0. The number of nitrogens with one attached hydrogen (secondary N) is 1. The topological polar surface area (TPSA) is 144 Å². The van der Waals surface area contributed by atoms with Gasteiger partial charge < -0.3 is 20.7 Å². The minimum absolute atomic E-state index is 0.0294. The number of nitrogen functional groups attached to an aromatic ring is 1. The van der Waals surface area contributed by atoms with Crippen molar-refractivity contribution in [3.8, 4) is 23.3 Å². The highest BCUT2D eigenvalue weighted by Gasteiger charge is 2.33. The van der Waals surface area contributed by atoms with Gasteiger partial charge in [0, 0.05) is 19.1 Å². The lowest BCUT2D eigenvalue weighted by molar-refractivity contribution is -0.125. The maximum Gasteiger partial charge on any atom is 0.335 e. The molecule has 40 heavy (non-hydrogen) atoms. The number of imidazole rings is 1. The van der Waals surface area contributed by atoms with Crippen LogP contribution in [0.4, 0.5) is 5.82 Å². The van der Waals surface area contributed by atoms with Crippen LogP contribution in [0.2, 0.25) is 0 Å². The number of fused-ring (bicyclic) bond motifs is 1. The summed E-state index contributed by atoms with van der Waals surface area (Å²) < 4.78 is 8.97. The highest BCUT2D eigenvalue weighted by Crippen LogP contribution is 2.29. The summed E-state index contributed by atoms with van der Waals surface area (Å²) in [5, 5.41) is 12.9. The van der Waals surface area contributed by atoms with E-state index in [0.29, 0.717) is 41.3 Å². The Morgan fingerprint density at radius 3 is 2.60 bits per heavy atom. The summed E-state index contributed by atoms with van der Waals surface area (Å²) in [6, 6.07) is 18.3. The standard InChI is InChI=1S/C29H28N8O3/c30-16-19(15-20-5-4-13-32-20)28(38)35-14-12-22(17-35)37-27-25(26(31)33-18-34-27)36(29(37)39)21-8-10-24(11-9-21)40-23-6-2-1-3-7-23/h1-3,6-11,15,18,20,22,32H,4-5,12-14,17H2,(H2,31,33,34)/b19-15+. The largest absolute Gasteiger partial charge is 0.457 e. The van der Waals surface area contributed by atoms with Gasteiger partial charge in [0.1, 0.15) is 35.0 Å². The average molecular weight is 537 g/mol. The van der Waals surface area contributed by atoms with Crippen molar-refractivity contribution in [1.29, 1.82) is 5.26 Å². The zero-order valence-corrected chi connectivity index (χ0v) is 21.7. The number of aromatic nitrogens is 4. The van der Waals surface area contributed by atoms with E-state index >= 15 is 0 Å². The van der Waals surface area contributed by atoms with Crippen LogP contribution in [0, 0.1) is 11.3 Å². The molecule has 6 rings (SSSR count). The first-order chi connectivity index (χ1) is 19.5. The first-order valence-electron chi connectivity index (χ1n) is 13.2. The highest BCUT2D eigenvalue weighted by atomic mass is 16.5. The van der Waals surface area contributed by atoms with Crippen LogP contribution in [0.25, 0.3) is 16.9 Å². The van der Waals surface area contributed by atoms with Crippen LogP contribution in [-0.2, 0) is 4.79 Å². The van der Waals surface area contributed by atoms with E-state index in [2.05, 4.69) is 21.4 Å². The van der Waals surface area contributed by atoms with Crippen LogP contribution in [0.1, 0.15) is 25.3 Å². The Hall–Kier alpha value is -4.95. The van der Waals surface area contributed by atoms with Crippen LogP contribution in [0.15, 0.2) is 77.4 Å². The molecule has 0 spiro atoms.